The molecule has 0 radical (unpaired) electrons. The molecule has 1 aromatic heterocycles. The third-order valence-electron chi connectivity index (χ3n) is 2.31. The monoisotopic (exact) mass is 224 g/mol. The standard InChI is InChI=1S/C10H12N2O2S/c1-12(2)15(13,14)9-5-3-4-8-6-7-11-10(8)9/h3-7,11H,1-2H3. The zero-order chi connectivity index (χ0) is 11.1. The third kappa shape index (κ3) is 1.53. The van der Waals surface area contributed by atoms with Gasteiger partial charge in [-0.15, -0.1) is 0 Å². The lowest BCUT2D eigenvalue weighted by Gasteiger charge is -2.11. The summed E-state index contributed by atoms with van der Waals surface area (Å²) in [5.74, 6) is 0. The second-order valence-electron chi connectivity index (χ2n) is 3.49. The highest BCUT2D eigenvalue weighted by molar-refractivity contribution is 7.89. The van der Waals surface area contributed by atoms with Gasteiger partial charge in [-0.3, -0.25) is 0 Å². The molecule has 0 unspecified atom stereocenters. The molecule has 15 heavy (non-hydrogen) atoms. The molecule has 80 valence electrons. The Balaban J connectivity index is 2.77. The molecule has 0 aliphatic heterocycles. The summed E-state index contributed by atoms with van der Waals surface area (Å²) in [4.78, 5) is 3.26. The fourth-order valence-corrected chi connectivity index (χ4v) is 2.55. The lowest BCUT2D eigenvalue weighted by atomic mass is 10.2. The number of benzene rings is 1. The lowest BCUT2D eigenvalue weighted by molar-refractivity contribution is 0.521. The van der Waals surface area contributed by atoms with Gasteiger partial charge in [-0.1, -0.05) is 12.1 Å². The van der Waals surface area contributed by atoms with E-state index in [1.165, 1.54) is 18.4 Å². The highest BCUT2D eigenvalue weighted by Gasteiger charge is 2.20. The maximum Gasteiger partial charge on any atom is 0.244 e. The quantitative estimate of drug-likeness (QED) is 0.838. The largest absolute Gasteiger partial charge is 0.360 e. The molecular formula is C10H12N2O2S. The average Bonchev–Trinajstić information content (AvgIpc) is 2.64. The van der Waals surface area contributed by atoms with Crippen LogP contribution in [-0.4, -0.2) is 31.8 Å². The van der Waals surface area contributed by atoms with Crippen molar-refractivity contribution in [3.8, 4) is 0 Å². The number of para-hydroxylation sites is 1. The molecule has 0 saturated carbocycles. The molecule has 5 heteroatoms. The van der Waals surface area contributed by atoms with Crippen LogP contribution in [0.5, 0.6) is 0 Å². The van der Waals surface area contributed by atoms with Crippen molar-refractivity contribution in [3.05, 3.63) is 30.5 Å². The van der Waals surface area contributed by atoms with Crippen LogP contribution >= 0.6 is 0 Å². The maximum atomic E-state index is 11.9. The van der Waals surface area contributed by atoms with Gasteiger partial charge in [0.25, 0.3) is 0 Å². The van der Waals surface area contributed by atoms with Crippen molar-refractivity contribution in [2.24, 2.45) is 0 Å². The molecule has 2 aromatic rings. The Morgan fingerprint density at radius 2 is 1.93 bits per heavy atom. The van der Waals surface area contributed by atoms with Crippen molar-refractivity contribution in [3.63, 3.8) is 0 Å². The van der Waals surface area contributed by atoms with E-state index in [9.17, 15) is 8.42 Å². The van der Waals surface area contributed by atoms with E-state index >= 15 is 0 Å². The van der Waals surface area contributed by atoms with Crippen LogP contribution in [0.25, 0.3) is 10.9 Å². The summed E-state index contributed by atoms with van der Waals surface area (Å²) in [5.41, 5.74) is 0.659. The van der Waals surface area contributed by atoms with Gasteiger partial charge in [0.2, 0.25) is 10.0 Å². The number of hydrogen-bond acceptors (Lipinski definition) is 2. The van der Waals surface area contributed by atoms with E-state index in [4.69, 9.17) is 0 Å². The SMILES string of the molecule is CN(C)S(=O)(=O)c1cccc2cc[nH]c12. The molecule has 2 rings (SSSR count). The number of fused-ring (bicyclic) bond motifs is 1. The van der Waals surface area contributed by atoms with Crippen molar-refractivity contribution >= 4 is 20.9 Å². The summed E-state index contributed by atoms with van der Waals surface area (Å²) in [6.07, 6.45) is 1.74. The summed E-state index contributed by atoms with van der Waals surface area (Å²) in [6, 6.07) is 7.07. The minimum Gasteiger partial charge on any atom is -0.360 e. The Hall–Kier alpha value is -1.33. The molecule has 0 aliphatic rings. The molecule has 1 heterocycles. The highest BCUT2D eigenvalue weighted by Crippen LogP contribution is 2.22. The van der Waals surface area contributed by atoms with Gasteiger partial charge >= 0.3 is 0 Å². The average molecular weight is 224 g/mol. The van der Waals surface area contributed by atoms with Gasteiger partial charge in [0, 0.05) is 25.7 Å². The molecule has 0 bridgehead atoms. The minimum absolute atomic E-state index is 0.315. The van der Waals surface area contributed by atoms with Crippen LogP contribution in [0.1, 0.15) is 0 Å². The smallest absolute Gasteiger partial charge is 0.244 e. The molecule has 0 saturated heterocycles. The van der Waals surface area contributed by atoms with Crippen LogP contribution < -0.4 is 0 Å². The number of hydrogen-bond donors (Lipinski definition) is 1. The Morgan fingerprint density at radius 1 is 1.20 bits per heavy atom. The fourth-order valence-electron chi connectivity index (χ4n) is 1.47. The normalized spacial score (nSPS) is 12.5. The third-order valence-corrected chi connectivity index (χ3v) is 4.17. The van der Waals surface area contributed by atoms with Gasteiger partial charge in [0.05, 0.1) is 5.52 Å². The first-order valence-corrected chi connectivity index (χ1v) is 5.96. The Morgan fingerprint density at radius 3 is 2.60 bits per heavy atom. The van der Waals surface area contributed by atoms with E-state index in [-0.39, 0.29) is 0 Å². The van der Waals surface area contributed by atoms with Gasteiger partial charge in [-0.05, 0) is 12.1 Å². The second-order valence-corrected chi connectivity index (χ2v) is 5.61. The van der Waals surface area contributed by atoms with E-state index in [1.807, 2.05) is 12.1 Å². The number of nitrogens with one attached hydrogen (secondary N) is 1. The van der Waals surface area contributed by atoms with Crippen LogP contribution in [0, 0.1) is 0 Å². The van der Waals surface area contributed by atoms with Crippen molar-refractivity contribution in [1.29, 1.82) is 0 Å². The van der Waals surface area contributed by atoms with Gasteiger partial charge in [0.15, 0.2) is 0 Å². The fraction of sp³-hybridized carbons (Fsp3) is 0.200. The number of H-pyrrole nitrogens is 1. The number of rotatable bonds is 2. The summed E-state index contributed by atoms with van der Waals surface area (Å²) >= 11 is 0. The van der Waals surface area contributed by atoms with Crippen molar-refractivity contribution < 1.29 is 8.42 Å². The first-order valence-electron chi connectivity index (χ1n) is 4.52. The van der Waals surface area contributed by atoms with Crippen molar-refractivity contribution in [2.75, 3.05) is 14.1 Å². The summed E-state index contributed by atoms with van der Waals surface area (Å²) < 4.78 is 25.1. The van der Waals surface area contributed by atoms with Crippen molar-refractivity contribution in [2.45, 2.75) is 4.90 Å². The minimum atomic E-state index is -3.37. The summed E-state index contributed by atoms with van der Waals surface area (Å²) in [5, 5.41) is 0.901. The van der Waals surface area contributed by atoms with E-state index < -0.39 is 10.0 Å². The topological polar surface area (TPSA) is 53.2 Å². The predicted molar refractivity (Wildman–Crippen MR) is 59.2 cm³/mol. The molecule has 0 fully saturated rings. The molecule has 1 N–H and O–H groups in total. The molecule has 0 aliphatic carbocycles. The highest BCUT2D eigenvalue weighted by atomic mass is 32.2. The molecule has 0 amide bonds. The van der Waals surface area contributed by atoms with Crippen LogP contribution in [0.15, 0.2) is 35.4 Å². The lowest BCUT2D eigenvalue weighted by Crippen LogP contribution is -2.22. The van der Waals surface area contributed by atoms with E-state index in [0.29, 0.717) is 10.4 Å². The van der Waals surface area contributed by atoms with E-state index in [1.54, 1.807) is 18.3 Å². The number of nitrogens with zero attached hydrogens (tertiary/aromatic N) is 1. The van der Waals surface area contributed by atoms with Crippen molar-refractivity contribution in [1.82, 2.24) is 9.29 Å². The van der Waals surface area contributed by atoms with Crippen LogP contribution in [0.4, 0.5) is 0 Å². The predicted octanol–water partition coefficient (Wildman–Crippen LogP) is 1.42. The number of aromatic nitrogens is 1. The van der Waals surface area contributed by atoms with Gasteiger partial charge in [0.1, 0.15) is 4.90 Å². The Labute approximate surface area is 88.6 Å². The Kier molecular flexibility index (Phi) is 2.28. The van der Waals surface area contributed by atoms with Crippen LogP contribution in [0.2, 0.25) is 0 Å². The second kappa shape index (κ2) is 3.36. The zero-order valence-corrected chi connectivity index (χ0v) is 9.38. The summed E-state index contributed by atoms with van der Waals surface area (Å²) in [6.45, 7) is 0. The first-order chi connectivity index (χ1) is 7.03. The molecule has 4 nitrogen and oxygen atoms in total. The zero-order valence-electron chi connectivity index (χ0n) is 8.56. The van der Waals surface area contributed by atoms with Crippen LogP contribution in [0.3, 0.4) is 0 Å². The number of aromatic amines is 1. The maximum absolute atomic E-state index is 11.9. The Bertz CT molecular complexity index is 584. The molecule has 0 atom stereocenters. The molecule has 0 spiro atoms. The van der Waals surface area contributed by atoms with Crippen LogP contribution in [-0.2, 0) is 10.0 Å². The molecular weight excluding hydrogens is 212 g/mol. The number of sulfonamides is 1. The van der Waals surface area contributed by atoms with E-state index in [0.717, 1.165) is 5.39 Å². The summed E-state index contributed by atoms with van der Waals surface area (Å²) in [7, 11) is -0.322. The van der Waals surface area contributed by atoms with Gasteiger partial charge < -0.3 is 4.98 Å². The van der Waals surface area contributed by atoms with Gasteiger partial charge in [-0.25, -0.2) is 12.7 Å². The van der Waals surface area contributed by atoms with Gasteiger partial charge in [-0.2, -0.15) is 0 Å². The molecule has 1 aromatic carbocycles. The van der Waals surface area contributed by atoms with E-state index in [2.05, 4.69) is 4.98 Å². The first kappa shape index (κ1) is 10.2.